The Morgan fingerprint density at radius 1 is 1.40 bits per heavy atom. The predicted octanol–water partition coefficient (Wildman–Crippen LogP) is 1.37. The molecular formula is C12H24N2O. The van der Waals surface area contributed by atoms with E-state index in [0.717, 1.165) is 19.7 Å². The Morgan fingerprint density at radius 2 is 2.20 bits per heavy atom. The van der Waals surface area contributed by atoms with Gasteiger partial charge in [0.1, 0.15) is 0 Å². The van der Waals surface area contributed by atoms with E-state index in [9.17, 15) is 0 Å². The highest BCUT2D eigenvalue weighted by Crippen LogP contribution is 2.29. The van der Waals surface area contributed by atoms with E-state index in [4.69, 9.17) is 10.5 Å². The molecule has 0 aromatic heterocycles. The molecule has 1 saturated heterocycles. The van der Waals surface area contributed by atoms with E-state index in [1.807, 2.05) is 0 Å². The minimum Gasteiger partial charge on any atom is -0.375 e. The zero-order valence-electron chi connectivity index (χ0n) is 9.82. The van der Waals surface area contributed by atoms with Crippen molar-refractivity contribution in [3.63, 3.8) is 0 Å². The van der Waals surface area contributed by atoms with Crippen molar-refractivity contribution in [2.45, 2.75) is 57.2 Å². The Morgan fingerprint density at radius 3 is 2.93 bits per heavy atom. The molecule has 2 aliphatic rings. The molecule has 1 heterocycles. The Hall–Kier alpha value is -0.120. The topological polar surface area (TPSA) is 38.5 Å². The van der Waals surface area contributed by atoms with Crippen LogP contribution in [0.15, 0.2) is 0 Å². The standard InChI is InChI=1S/C12H24N2O/c1-2-10(9-13)14-7-8-15-12-6-4-3-5-11(12)14/h10-12H,2-9,13H2,1H3. The summed E-state index contributed by atoms with van der Waals surface area (Å²) in [4.78, 5) is 2.62. The van der Waals surface area contributed by atoms with Crippen LogP contribution >= 0.6 is 0 Å². The second-order valence-electron chi connectivity index (χ2n) is 4.80. The molecule has 0 amide bonds. The molecule has 1 aliphatic heterocycles. The summed E-state index contributed by atoms with van der Waals surface area (Å²) in [7, 11) is 0. The van der Waals surface area contributed by atoms with E-state index < -0.39 is 0 Å². The molecule has 2 N–H and O–H groups in total. The first-order chi connectivity index (χ1) is 7.36. The van der Waals surface area contributed by atoms with E-state index in [-0.39, 0.29) is 0 Å². The minimum absolute atomic E-state index is 0.494. The first-order valence-electron chi connectivity index (χ1n) is 6.44. The highest BCUT2D eigenvalue weighted by atomic mass is 16.5. The summed E-state index contributed by atoms with van der Waals surface area (Å²) in [6, 6.07) is 1.22. The zero-order chi connectivity index (χ0) is 10.7. The number of morpholine rings is 1. The number of hydrogen-bond acceptors (Lipinski definition) is 3. The van der Waals surface area contributed by atoms with Crippen molar-refractivity contribution in [1.29, 1.82) is 0 Å². The van der Waals surface area contributed by atoms with Gasteiger partial charge in [-0.05, 0) is 19.3 Å². The van der Waals surface area contributed by atoms with Crippen LogP contribution in [0.1, 0.15) is 39.0 Å². The maximum atomic E-state index is 5.87. The molecule has 3 nitrogen and oxygen atoms in total. The second-order valence-corrected chi connectivity index (χ2v) is 4.80. The lowest BCUT2D eigenvalue weighted by molar-refractivity contribution is -0.101. The molecule has 15 heavy (non-hydrogen) atoms. The molecule has 0 radical (unpaired) electrons. The molecule has 0 aromatic carbocycles. The monoisotopic (exact) mass is 212 g/mol. The highest BCUT2D eigenvalue weighted by Gasteiger charge is 2.36. The van der Waals surface area contributed by atoms with Crippen molar-refractivity contribution in [1.82, 2.24) is 4.90 Å². The van der Waals surface area contributed by atoms with Gasteiger partial charge in [0.2, 0.25) is 0 Å². The van der Waals surface area contributed by atoms with Crippen LogP contribution in [0.2, 0.25) is 0 Å². The van der Waals surface area contributed by atoms with Gasteiger partial charge in [0.25, 0.3) is 0 Å². The zero-order valence-corrected chi connectivity index (χ0v) is 9.82. The van der Waals surface area contributed by atoms with E-state index in [1.165, 1.54) is 32.1 Å². The average molecular weight is 212 g/mol. The fraction of sp³-hybridized carbons (Fsp3) is 1.00. The molecule has 3 unspecified atom stereocenters. The summed E-state index contributed by atoms with van der Waals surface area (Å²) in [5.74, 6) is 0. The van der Waals surface area contributed by atoms with Gasteiger partial charge in [0, 0.05) is 25.2 Å². The third-order valence-electron chi connectivity index (χ3n) is 3.99. The smallest absolute Gasteiger partial charge is 0.0731 e. The molecule has 0 spiro atoms. The van der Waals surface area contributed by atoms with Crippen molar-refractivity contribution >= 4 is 0 Å². The molecule has 0 aromatic rings. The van der Waals surface area contributed by atoms with Gasteiger partial charge >= 0.3 is 0 Å². The van der Waals surface area contributed by atoms with Crippen LogP contribution < -0.4 is 5.73 Å². The Kier molecular flexibility index (Phi) is 4.00. The number of nitrogens with zero attached hydrogens (tertiary/aromatic N) is 1. The molecule has 2 rings (SSSR count). The van der Waals surface area contributed by atoms with Crippen LogP contribution in [0.5, 0.6) is 0 Å². The lowest BCUT2D eigenvalue weighted by Gasteiger charge is -2.47. The summed E-state index contributed by atoms with van der Waals surface area (Å²) in [6.07, 6.45) is 6.92. The summed E-state index contributed by atoms with van der Waals surface area (Å²) in [5, 5.41) is 0. The van der Waals surface area contributed by atoms with Crippen molar-refractivity contribution in [3.05, 3.63) is 0 Å². The quantitative estimate of drug-likeness (QED) is 0.768. The van der Waals surface area contributed by atoms with Crippen LogP contribution in [0.3, 0.4) is 0 Å². The third kappa shape index (κ3) is 2.35. The van der Waals surface area contributed by atoms with E-state index in [0.29, 0.717) is 18.2 Å². The Labute approximate surface area is 93.0 Å². The fourth-order valence-electron chi connectivity index (χ4n) is 3.12. The summed E-state index contributed by atoms with van der Waals surface area (Å²) < 4.78 is 5.87. The lowest BCUT2D eigenvalue weighted by Crippen LogP contribution is -2.57. The van der Waals surface area contributed by atoms with Crippen molar-refractivity contribution < 1.29 is 4.74 Å². The predicted molar refractivity (Wildman–Crippen MR) is 61.8 cm³/mol. The summed E-state index contributed by atoms with van der Waals surface area (Å²) in [6.45, 7) is 5.01. The van der Waals surface area contributed by atoms with E-state index in [1.54, 1.807) is 0 Å². The first-order valence-corrected chi connectivity index (χ1v) is 6.44. The fourth-order valence-corrected chi connectivity index (χ4v) is 3.12. The van der Waals surface area contributed by atoms with Gasteiger partial charge in [-0.1, -0.05) is 19.8 Å². The Bertz CT molecular complexity index is 192. The van der Waals surface area contributed by atoms with Gasteiger partial charge in [-0.2, -0.15) is 0 Å². The van der Waals surface area contributed by atoms with Gasteiger partial charge in [0.15, 0.2) is 0 Å². The average Bonchev–Trinajstić information content (AvgIpc) is 2.31. The number of fused-ring (bicyclic) bond motifs is 1. The van der Waals surface area contributed by atoms with Gasteiger partial charge in [-0.25, -0.2) is 0 Å². The minimum atomic E-state index is 0.494. The van der Waals surface area contributed by atoms with E-state index in [2.05, 4.69) is 11.8 Å². The molecular weight excluding hydrogens is 188 g/mol. The van der Waals surface area contributed by atoms with Crippen LogP contribution in [-0.2, 0) is 4.74 Å². The number of rotatable bonds is 3. The van der Waals surface area contributed by atoms with Gasteiger partial charge < -0.3 is 10.5 Å². The molecule has 3 heteroatoms. The van der Waals surface area contributed by atoms with Crippen LogP contribution in [0.4, 0.5) is 0 Å². The van der Waals surface area contributed by atoms with Crippen LogP contribution in [-0.4, -0.2) is 42.8 Å². The van der Waals surface area contributed by atoms with E-state index >= 15 is 0 Å². The summed E-state index contributed by atoms with van der Waals surface area (Å²) >= 11 is 0. The van der Waals surface area contributed by atoms with Gasteiger partial charge in [-0.15, -0.1) is 0 Å². The second kappa shape index (κ2) is 5.28. The van der Waals surface area contributed by atoms with Gasteiger partial charge in [0.05, 0.1) is 12.7 Å². The molecule has 1 saturated carbocycles. The number of hydrogen-bond donors (Lipinski definition) is 1. The molecule has 2 fully saturated rings. The lowest BCUT2D eigenvalue weighted by atomic mass is 9.89. The molecule has 88 valence electrons. The normalized spacial score (nSPS) is 34.8. The molecule has 3 atom stereocenters. The number of ether oxygens (including phenoxy) is 1. The molecule has 1 aliphatic carbocycles. The first kappa shape index (κ1) is 11.4. The molecule has 0 bridgehead atoms. The van der Waals surface area contributed by atoms with Crippen LogP contribution in [0, 0.1) is 0 Å². The summed E-state index contributed by atoms with van der Waals surface area (Å²) in [5.41, 5.74) is 5.85. The Balaban J connectivity index is 2.02. The third-order valence-corrected chi connectivity index (χ3v) is 3.99. The van der Waals surface area contributed by atoms with Crippen molar-refractivity contribution in [2.24, 2.45) is 5.73 Å². The maximum absolute atomic E-state index is 5.87. The van der Waals surface area contributed by atoms with Gasteiger partial charge in [-0.3, -0.25) is 4.90 Å². The van der Waals surface area contributed by atoms with Crippen molar-refractivity contribution in [3.8, 4) is 0 Å². The largest absolute Gasteiger partial charge is 0.375 e. The van der Waals surface area contributed by atoms with Crippen LogP contribution in [0.25, 0.3) is 0 Å². The highest BCUT2D eigenvalue weighted by molar-refractivity contribution is 4.90. The number of nitrogens with two attached hydrogens (primary N) is 1. The maximum Gasteiger partial charge on any atom is 0.0731 e. The van der Waals surface area contributed by atoms with Crippen molar-refractivity contribution in [2.75, 3.05) is 19.7 Å². The SMILES string of the molecule is CCC(CN)N1CCOC2CCCCC21.